The Balaban J connectivity index is 2.33. The number of aryl methyl sites for hydroxylation is 1. The van der Waals surface area contributed by atoms with Crippen molar-refractivity contribution in [2.75, 3.05) is 13.7 Å². The van der Waals surface area contributed by atoms with Gasteiger partial charge in [0.1, 0.15) is 0 Å². The van der Waals surface area contributed by atoms with Gasteiger partial charge >= 0.3 is 0 Å². The summed E-state index contributed by atoms with van der Waals surface area (Å²) < 4.78 is 7.19. The molecule has 0 aliphatic rings. The van der Waals surface area contributed by atoms with Crippen LogP contribution in [0.5, 0.6) is 0 Å². The minimum absolute atomic E-state index is 0.112. The van der Waals surface area contributed by atoms with E-state index in [0.717, 1.165) is 38.1 Å². The Morgan fingerprint density at radius 3 is 2.94 bits per heavy atom. The third-order valence-corrected chi connectivity index (χ3v) is 2.81. The molecule has 2 N–H and O–H groups in total. The van der Waals surface area contributed by atoms with Crippen molar-refractivity contribution in [3.8, 4) is 0 Å². The third-order valence-electron chi connectivity index (χ3n) is 2.81. The third kappa shape index (κ3) is 3.94. The van der Waals surface area contributed by atoms with E-state index in [0.29, 0.717) is 0 Å². The molecule has 0 unspecified atom stereocenters. The minimum Gasteiger partial charge on any atom is -0.385 e. The molecule has 1 aromatic heterocycles. The molecule has 1 heterocycles. The topological polar surface area (TPSA) is 53.1 Å². The second-order valence-electron chi connectivity index (χ2n) is 4.08. The lowest BCUT2D eigenvalue weighted by atomic mass is 10.2. The number of methoxy groups -OCH3 is 1. The van der Waals surface area contributed by atoms with Gasteiger partial charge in [0.15, 0.2) is 0 Å². The number of nitrogens with two attached hydrogens (primary N) is 1. The summed E-state index contributed by atoms with van der Waals surface area (Å²) in [5.74, 6) is 0. The number of rotatable bonds is 8. The summed E-state index contributed by atoms with van der Waals surface area (Å²) in [5, 5.41) is 0. The molecule has 4 nitrogen and oxygen atoms in total. The summed E-state index contributed by atoms with van der Waals surface area (Å²) in [6.45, 7) is 3.96. The first-order chi connectivity index (χ1) is 7.79. The van der Waals surface area contributed by atoms with Crippen molar-refractivity contribution in [3.05, 3.63) is 18.2 Å². The van der Waals surface area contributed by atoms with Crippen LogP contribution < -0.4 is 5.73 Å². The van der Waals surface area contributed by atoms with E-state index in [1.807, 2.05) is 12.5 Å². The highest BCUT2D eigenvalue weighted by Crippen LogP contribution is 2.13. The molecule has 4 heteroatoms. The Kier molecular flexibility index (Phi) is 6.11. The van der Waals surface area contributed by atoms with Crippen LogP contribution in [0, 0.1) is 0 Å². The monoisotopic (exact) mass is 225 g/mol. The van der Waals surface area contributed by atoms with Crippen LogP contribution in [0.1, 0.15) is 44.3 Å². The number of hydrogen-bond donors (Lipinski definition) is 1. The molecule has 0 bridgehead atoms. The van der Waals surface area contributed by atoms with Gasteiger partial charge in [-0.1, -0.05) is 6.92 Å². The van der Waals surface area contributed by atoms with E-state index in [-0.39, 0.29) is 6.04 Å². The summed E-state index contributed by atoms with van der Waals surface area (Å²) in [6.07, 6.45) is 8.18. The van der Waals surface area contributed by atoms with Gasteiger partial charge in [-0.05, 0) is 25.7 Å². The molecule has 0 saturated heterocycles. The number of hydrogen-bond acceptors (Lipinski definition) is 3. The second-order valence-corrected chi connectivity index (χ2v) is 4.08. The zero-order chi connectivity index (χ0) is 11.8. The predicted octanol–water partition coefficient (Wildman–Crippen LogP) is 2.11. The van der Waals surface area contributed by atoms with Crippen molar-refractivity contribution in [2.24, 2.45) is 5.73 Å². The molecule has 92 valence electrons. The van der Waals surface area contributed by atoms with Gasteiger partial charge < -0.3 is 15.0 Å². The highest BCUT2D eigenvalue weighted by molar-refractivity contribution is 5.03. The van der Waals surface area contributed by atoms with Gasteiger partial charge in [0.2, 0.25) is 0 Å². The van der Waals surface area contributed by atoms with E-state index in [1.165, 1.54) is 6.42 Å². The lowest BCUT2D eigenvalue weighted by molar-refractivity contribution is 0.191. The SMILES string of the molecule is CC[C@@H](N)c1cncn1CCCCCOC. The van der Waals surface area contributed by atoms with Gasteiger partial charge in [-0.2, -0.15) is 0 Å². The Bertz CT molecular complexity index is 286. The predicted molar refractivity (Wildman–Crippen MR) is 65.2 cm³/mol. The summed E-state index contributed by atoms with van der Waals surface area (Å²) >= 11 is 0. The largest absolute Gasteiger partial charge is 0.385 e. The maximum absolute atomic E-state index is 6.01. The van der Waals surface area contributed by atoms with E-state index >= 15 is 0 Å². The second kappa shape index (κ2) is 7.41. The molecular formula is C12H23N3O. The maximum atomic E-state index is 6.01. The first-order valence-electron chi connectivity index (χ1n) is 6.04. The van der Waals surface area contributed by atoms with E-state index in [4.69, 9.17) is 10.5 Å². The van der Waals surface area contributed by atoms with Crippen molar-refractivity contribution in [3.63, 3.8) is 0 Å². The van der Waals surface area contributed by atoms with E-state index in [9.17, 15) is 0 Å². The fraction of sp³-hybridized carbons (Fsp3) is 0.750. The van der Waals surface area contributed by atoms with Crippen LogP contribution >= 0.6 is 0 Å². The minimum atomic E-state index is 0.112. The number of unbranched alkanes of at least 4 members (excludes halogenated alkanes) is 2. The smallest absolute Gasteiger partial charge is 0.0948 e. The van der Waals surface area contributed by atoms with Crippen LogP contribution in [0.3, 0.4) is 0 Å². The van der Waals surface area contributed by atoms with Crippen LogP contribution in [0.25, 0.3) is 0 Å². The van der Waals surface area contributed by atoms with E-state index in [2.05, 4.69) is 16.5 Å². The molecule has 0 amide bonds. The fourth-order valence-electron chi connectivity index (χ4n) is 1.74. The average Bonchev–Trinajstić information content (AvgIpc) is 2.76. The van der Waals surface area contributed by atoms with Crippen LogP contribution in [0.4, 0.5) is 0 Å². The highest BCUT2D eigenvalue weighted by atomic mass is 16.5. The molecule has 1 atom stereocenters. The first kappa shape index (κ1) is 13.2. The molecule has 1 rings (SSSR count). The normalized spacial score (nSPS) is 12.9. The molecule has 16 heavy (non-hydrogen) atoms. The fourth-order valence-corrected chi connectivity index (χ4v) is 1.74. The molecule has 0 aliphatic carbocycles. The number of imidazole rings is 1. The summed E-state index contributed by atoms with van der Waals surface area (Å²) in [5.41, 5.74) is 7.16. The van der Waals surface area contributed by atoms with Gasteiger partial charge in [0.05, 0.1) is 12.0 Å². The lowest BCUT2D eigenvalue weighted by Gasteiger charge is -2.12. The molecule has 0 radical (unpaired) electrons. The standard InChI is InChI=1S/C12H23N3O/c1-3-11(13)12-9-14-10-15(12)7-5-4-6-8-16-2/h9-11H,3-8,13H2,1-2H3/t11-/m1/s1. The van der Waals surface area contributed by atoms with Gasteiger partial charge in [0.25, 0.3) is 0 Å². The summed E-state index contributed by atoms with van der Waals surface area (Å²) in [7, 11) is 1.74. The van der Waals surface area contributed by atoms with E-state index < -0.39 is 0 Å². The molecule has 0 aliphatic heterocycles. The number of ether oxygens (including phenoxy) is 1. The Hall–Kier alpha value is -0.870. The number of nitrogens with zero attached hydrogens (tertiary/aromatic N) is 2. The summed E-state index contributed by atoms with van der Waals surface area (Å²) in [4.78, 5) is 4.16. The van der Waals surface area contributed by atoms with E-state index in [1.54, 1.807) is 7.11 Å². The molecule has 0 fully saturated rings. The molecular weight excluding hydrogens is 202 g/mol. The van der Waals surface area contributed by atoms with Gasteiger partial charge in [-0.25, -0.2) is 4.98 Å². The maximum Gasteiger partial charge on any atom is 0.0948 e. The zero-order valence-corrected chi connectivity index (χ0v) is 10.4. The number of aromatic nitrogens is 2. The van der Waals surface area contributed by atoms with Crippen molar-refractivity contribution in [2.45, 2.75) is 45.2 Å². The molecule has 0 saturated carbocycles. The zero-order valence-electron chi connectivity index (χ0n) is 10.4. The Morgan fingerprint density at radius 2 is 2.25 bits per heavy atom. The molecule has 0 spiro atoms. The van der Waals surface area contributed by atoms with Crippen LogP contribution in [-0.4, -0.2) is 23.3 Å². The Morgan fingerprint density at radius 1 is 1.44 bits per heavy atom. The van der Waals surface area contributed by atoms with Crippen molar-refractivity contribution in [1.82, 2.24) is 9.55 Å². The molecule has 0 aromatic carbocycles. The molecule has 1 aromatic rings. The quantitative estimate of drug-likeness (QED) is 0.689. The average molecular weight is 225 g/mol. The Labute approximate surface area is 97.8 Å². The van der Waals surface area contributed by atoms with Crippen molar-refractivity contribution in [1.29, 1.82) is 0 Å². The van der Waals surface area contributed by atoms with Crippen LogP contribution in [0.15, 0.2) is 12.5 Å². The lowest BCUT2D eigenvalue weighted by Crippen LogP contribution is -2.14. The first-order valence-corrected chi connectivity index (χ1v) is 6.04. The highest BCUT2D eigenvalue weighted by Gasteiger charge is 2.08. The van der Waals surface area contributed by atoms with Crippen molar-refractivity contribution < 1.29 is 4.74 Å². The van der Waals surface area contributed by atoms with Gasteiger partial charge in [-0.15, -0.1) is 0 Å². The van der Waals surface area contributed by atoms with Crippen LogP contribution in [0.2, 0.25) is 0 Å². The van der Waals surface area contributed by atoms with Gasteiger partial charge in [-0.3, -0.25) is 0 Å². The van der Waals surface area contributed by atoms with Crippen molar-refractivity contribution >= 4 is 0 Å². The summed E-state index contributed by atoms with van der Waals surface area (Å²) in [6, 6.07) is 0.112. The van der Waals surface area contributed by atoms with Gasteiger partial charge in [0, 0.05) is 32.5 Å². The van der Waals surface area contributed by atoms with Crippen LogP contribution in [-0.2, 0) is 11.3 Å².